The van der Waals surface area contributed by atoms with Crippen molar-refractivity contribution in [3.05, 3.63) is 35.6 Å². The molecule has 0 saturated heterocycles. The van der Waals surface area contributed by atoms with Gasteiger partial charge < -0.3 is 5.73 Å². The molecule has 0 fully saturated rings. The predicted molar refractivity (Wildman–Crippen MR) is 66.1 cm³/mol. The minimum absolute atomic E-state index is 0.0855. The number of Topliss-reactive ketones (excluding diaryl/α,β-unsaturated/α-hetero) is 1. The quantitative estimate of drug-likeness (QED) is 0.828. The zero-order valence-corrected chi connectivity index (χ0v) is 10.1. The lowest BCUT2D eigenvalue weighted by atomic mass is 10.0. The van der Waals surface area contributed by atoms with Crippen LogP contribution in [0.2, 0.25) is 0 Å². The van der Waals surface area contributed by atoms with Crippen molar-refractivity contribution in [3.8, 4) is 0 Å². The Balaban J connectivity index is 2.54. The van der Waals surface area contributed by atoms with Crippen molar-refractivity contribution in [3.63, 3.8) is 0 Å². The molecule has 0 unspecified atom stereocenters. The van der Waals surface area contributed by atoms with E-state index < -0.39 is 6.04 Å². The topological polar surface area (TPSA) is 43.1 Å². The van der Waals surface area contributed by atoms with Crippen LogP contribution in [-0.4, -0.2) is 23.8 Å². The van der Waals surface area contributed by atoms with Crippen LogP contribution in [0.15, 0.2) is 24.3 Å². The minimum Gasteiger partial charge on any atom is -0.321 e. The van der Waals surface area contributed by atoms with Crippen LogP contribution in [-0.2, 0) is 11.2 Å². The fourth-order valence-corrected chi connectivity index (χ4v) is 1.86. The Morgan fingerprint density at radius 3 is 2.81 bits per heavy atom. The maximum absolute atomic E-state index is 13.3. The molecule has 0 spiro atoms. The third kappa shape index (κ3) is 3.94. The molecule has 1 aromatic carbocycles. The fourth-order valence-electron chi connectivity index (χ4n) is 1.37. The van der Waals surface area contributed by atoms with Crippen molar-refractivity contribution < 1.29 is 9.18 Å². The molecule has 0 bridgehead atoms. The van der Waals surface area contributed by atoms with Crippen LogP contribution in [0.25, 0.3) is 0 Å². The van der Waals surface area contributed by atoms with E-state index >= 15 is 0 Å². The molecule has 0 amide bonds. The summed E-state index contributed by atoms with van der Waals surface area (Å²) < 4.78 is 13.3. The van der Waals surface area contributed by atoms with Crippen molar-refractivity contribution in [1.29, 1.82) is 0 Å². The first-order valence-electron chi connectivity index (χ1n) is 5.15. The number of carbonyl (C=O) groups is 1. The minimum atomic E-state index is -0.480. The van der Waals surface area contributed by atoms with Crippen molar-refractivity contribution in [2.45, 2.75) is 18.9 Å². The number of ketones is 1. The molecular formula is C12H16FNOS. The van der Waals surface area contributed by atoms with Gasteiger partial charge >= 0.3 is 0 Å². The lowest BCUT2D eigenvalue weighted by molar-refractivity contribution is -0.119. The molecular weight excluding hydrogens is 225 g/mol. The molecule has 0 aromatic heterocycles. The summed E-state index contributed by atoms with van der Waals surface area (Å²) in [4.78, 5) is 11.7. The summed E-state index contributed by atoms with van der Waals surface area (Å²) in [6.45, 7) is 0. The Kier molecular flexibility index (Phi) is 5.49. The molecule has 1 atom stereocenters. The summed E-state index contributed by atoms with van der Waals surface area (Å²) in [7, 11) is 0. The highest BCUT2D eigenvalue weighted by Crippen LogP contribution is 2.09. The second kappa shape index (κ2) is 6.66. The van der Waals surface area contributed by atoms with E-state index in [0.717, 1.165) is 5.75 Å². The number of halogens is 1. The number of thioether (sulfide) groups is 1. The van der Waals surface area contributed by atoms with Crippen molar-refractivity contribution in [2.24, 2.45) is 5.73 Å². The molecule has 0 heterocycles. The first-order valence-corrected chi connectivity index (χ1v) is 6.55. The van der Waals surface area contributed by atoms with E-state index in [9.17, 15) is 9.18 Å². The average Bonchev–Trinajstić information content (AvgIpc) is 2.28. The molecule has 2 N–H and O–H groups in total. The van der Waals surface area contributed by atoms with Crippen LogP contribution in [0.3, 0.4) is 0 Å². The largest absolute Gasteiger partial charge is 0.321 e. The molecule has 16 heavy (non-hydrogen) atoms. The molecule has 88 valence electrons. The highest BCUT2D eigenvalue weighted by molar-refractivity contribution is 7.98. The van der Waals surface area contributed by atoms with Crippen LogP contribution in [0, 0.1) is 5.82 Å². The molecule has 1 aromatic rings. The second-order valence-corrected chi connectivity index (χ2v) is 4.61. The number of benzene rings is 1. The fraction of sp³-hybridized carbons (Fsp3) is 0.417. The van der Waals surface area contributed by atoms with Crippen molar-refractivity contribution in [2.75, 3.05) is 12.0 Å². The standard InChI is InChI=1S/C12H16FNOS/c1-16-7-6-11(14)12(15)8-9-4-2-3-5-10(9)13/h2-5,11H,6-8,14H2,1H3/t11-/m0/s1. The van der Waals surface area contributed by atoms with Gasteiger partial charge in [-0.2, -0.15) is 11.8 Å². The van der Waals surface area contributed by atoms with Crippen LogP contribution < -0.4 is 5.73 Å². The van der Waals surface area contributed by atoms with Gasteiger partial charge in [0.1, 0.15) is 5.82 Å². The van der Waals surface area contributed by atoms with Gasteiger partial charge in [0.15, 0.2) is 5.78 Å². The molecule has 0 saturated carbocycles. The highest BCUT2D eigenvalue weighted by Gasteiger charge is 2.15. The Labute approximate surface area is 99.4 Å². The lowest BCUT2D eigenvalue weighted by Crippen LogP contribution is -2.32. The molecule has 0 aliphatic heterocycles. The molecule has 0 aliphatic rings. The predicted octanol–water partition coefficient (Wildman–Crippen LogP) is 2.02. The van der Waals surface area contributed by atoms with Gasteiger partial charge in [-0.25, -0.2) is 4.39 Å². The number of carbonyl (C=O) groups excluding carboxylic acids is 1. The third-order valence-electron chi connectivity index (χ3n) is 2.37. The summed E-state index contributed by atoms with van der Waals surface area (Å²) in [6, 6.07) is 5.83. The Bertz CT molecular complexity index is 357. The first kappa shape index (κ1) is 13.2. The van der Waals surface area contributed by atoms with E-state index in [1.54, 1.807) is 30.0 Å². The summed E-state index contributed by atoms with van der Waals surface area (Å²) in [5.74, 6) is 0.413. The smallest absolute Gasteiger partial charge is 0.154 e. The van der Waals surface area contributed by atoms with Crippen LogP contribution in [0.1, 0.15) is 12.0 Å². The van der Waals surface area contributed by atoms with Gasteiger partial charge in [0, 0.05) is 6.42 Å². The highest BCUT2D eigenvalue weighted by atomic mass is 32.2. The van der Waals surface area contributed by atoms with Gasteiger partial charge in [-0.05, 0) is 30.1 Å². The normalized spacial score (nSPS) is 12.4. The third-order valence-corrected chi connectivity index (χ3v) is 3.01. The zero-order chi connectivity index (χ0) is 12.0. The van der Waals surface area contributed by atoms with Gasteiger partial charge in [-0.15, -0.1) is 0 Å². The zero-order valence-electron chi connectivity index (χ0n) is 9.28. The van der Waals surface area contributed by atoms with Crippen molar-refractivity contribution in [1.82, 2.24) is 0 Å². The second-order valence-electron chi connectivity index (χ2n) is 3.62. The molecule has 0 aliphatic carbocycles. The maximum atomic E-state index is 13.3. The first-order chi connectivity index (χ1) is 7.65. The summed E-state index contributed by atoms with van der Waals surface area (Å²) in [6.07, 6.45) is 2.70. The van der Waals surface area contributed by atoms with Crippen LogP contribution >= 0.6 is 11.8 Å². The lowest BCUT2D eigenvalue weighted by Gasteiger charge is -2.09. The molecule has 2 nitrogen and oxygen atoms in total. The van der Waals surface area contributed by atoms with E-state index in [1.807, 2.05) is 6.26 Å². The Morgan fingerprint density at radius 1 is 1.50 bits per heavy atom. The maximum Gasteiger partial charge on any atom is 0.154 e. The van der Waals surface area contributed by atoms with Gasteiger partial charge in [0.25, 0.3) is 0 Å². The number of nitrogens with two attached hydrogens (primary N) is 1. The number of rotatable bonds is 6. The Hall–Kier alpha value is -0.870. The summed E-state index contributed by atoms with van der Waals surface area (Å²) in [5, 5.41) is 0. The van der Waals surface area contributed by atoms with Gasteiger partial charge in [-0.1, -0.05) is 18.2 Å². The number of hydrogen-bond acceptors (Lipinski definition) is 3. The van der Waals surface area contributed by atoms with Crippen LogP contribution in [0.5, 0.6) is 0 Å². The van der Waals surface area contributed by atoms with E-state index in [1.165, 1.54) is 6.07 Å². The van der Waals surface area contributed by atoms with Gasteiger partial charge in [-0.3, -0.25) is 4.79 Å². The Morgan fingerprint density at radius 2 is 2.19 bits per heavy atom. The van der Waals surface area contributed by atoms with Gasteiger partial charge in [0.2, 0.25) is 0 Å². The van der Waals surface area contributed by atoms with E-state index in [2.05, 4.69) is 0 Å². The summed E-state index contributed by atoms with van der Waals surface area (Å²) >= 11 is 1.65. The van der Waals surface area contributed by atoms with E-state index in [4.69, 9.17) is 5.73 Å². The van der Waals surface area contributed by atoms with Crippen molar-refractivity contribution >= 4 is 17.5 Å². The number of hydrogen-bond donors (Lipinski definition) is 1. The van der Waals surface area contributed by atoms with E-state index in [0.29, 0.717) is 12.0 Å². The van der Waals surface area contributed by atoms with Gasteiger partial charge in [0.05, 0.1) is 6.04 Å². The monoisotopic (exact) mass is 241 g/mol. The molecule has 4 heteroatoms. The van der Waals surface area contributed by atoms with E-state index in [-0.39, 0.29) is 18.0 Å². The molecule has 1 rings (SSSR count). The van der Waals surface area contributed by atoms with Crippen LogP contribution in [0.4, 0.5) is 4.39 Å². The molecule has 0 radical (unpaired) electrons. The SMILES string of the molecule is CSCC[C@H](N)C(=O)Cc1ccccc1F. The average molecular weight is 241 g/mol. The summed E-state index contributed by atoms with van der Waals surface area (Å²) in [5.41, 5.74) is 6.14.